The number of hydrogen-bond acceptors (Lipinski definition) is 20. The number of ketones is 1. The lowest BCUT2D eigenvalue weighted by molar-refractivity contribution is 0.0943. The van der Waals surface area contributed by atoms with Gasteiger partial charge in [-0.25, -0.2) is 0 Å². The predicted molar refractivity (Wildman–Crippen MR) is 343 cm³/mol. The summed E-state index contributed by atoms with van der Waals surface area (Å²) in [5.74, 6) is 1.12. The number of amides is 2. The number of aromatic nitrogens is 6. The Kier molecular flexibility index (Phi) is 33.2. The van der Waals surface area contributed by atoms with Crippen LogP contribution in [0, 0.1) is 0 Å². The molecule has 2 amide bonds. The third-order valence-electron chi connectivity index (χ3n) is 13.8. The molecule has 0 atom stereocenters. The summed E-state index contributed by atoms with van der Waals surface area (Å²) in [7, 11) is -6.60. The second kappa shape index (κ2) is 40.6. The van der Waals surface area contributed by atoms with E-state index in [0.29, 0.717) is 137 Å². The summed E-state index contributed by atoms with van der Waals surface area (Å²) >= 11 is 0. The van der Waals surface area contributed by atoms with Gasteiger partial charge in [-0.15, -0.1) is 10.2 Å². The topological polar surface area (TPSA) is 331 Å². The molecule has 0 radical (unpaired) electrons. The smallest absolute Gasteiger partial charge is 0.264 e. The molecule has 0 unspecified atom stereocenters. The fourth-order valence-corrected chi connectivity index (χ4v) is 10.1. The highest BCUT2D eigenvalue weighted by Gasteiger charge is 2.23. The zero-order chi connectivity index (χ0) is 65.9. The summed E-state index contributed by atoms with van der Waals surface area (Å²) < 4.78 is 116. The minimum Gasteiger partial charge on any atom is -0.493 e. The molecule has 5 rings (SSSR count). The molecule has 5 N–H and O–H groups in total. The molecule has 0 saturated carbocycles. The number of ether oxygens (including phenoxy) is 8. The van der Waals surface area contributed by atoms with Crippen LogP contribution in [-0.4, -0.2) is 165 Å². The zero-order valence-corrected chi connectivity index (χ0v) is 55.4. The van der Waals surface area contributed by atoms with E-state index in [2.05, 4.69) is 36.6 Å². The Morgan fingerprint density at radius 1 is 0.451 bits per heavy atom. The van der Waals surface area contributed by atoms with Gasteiger partial charge in [0.15, 0.2) is 28.8 Å². The SMILES string of the molecule is CCCCOc1cc(C(=O)NCCCn2cc(CCCCOc3cc(C(C)=O)cc(OCCCCc4cn(CCCNC(=O)c5cc(OCCC)c(OCCC)c(OCCC)c5)nn4)c3CCCNC)nn2)cc(OCCCS(=O)(=O)O)c1OCCCS(=O)(=O)O. The van der Waals surface area contributed by atoms with E-state index in [1.165, 1.54) is 19.1 Å². The number of unbranched alkanes of at least 4 members (excludes halogenated alkanes) is 3. The van der Waals surface area contributed by atoms with E-state index in [4.69, 9.17) is 37.9 Å². The van der Waals surface area contributed by atoms with E-state index in [0.717, 1.165) is 74.9 Å². The van der Waals surface area contributed by atoms with E-state index in [1.807, 2.05) is 53.2 Å². The summed E-state index contributed by atoms with van der Waals surface area (Å²) in [4.78, 5) is 39.6. The number of benzene rings is 3. The highest BCUT2D eigenvalue weighted by Crippen LogP contribution is 2.41. The van der Waals surface area contributed by atoms with Crippen LogP contribution in [0.2, 0.25) is 0 Å². The number of Topliss-reactive ketones (excluding diaryl/α,β-unsaturated/α-hetero) is 1. The Morgan fingerprint density at radius 2 is 0.835 bits per heavy atom. The summed E-state index contributed by atoms with van der Waals surface area (Å²) in [5, 5.41) is 26.4. The van der Waals surface area contributed by atoms with Gasteiger partial charge in [0, 0.05) is 60.8 Å². The monoisotopic (exact) mass is 1310 g/mol. The summed E-state index contributed by atoms with van der Waals surface area (Å²) in [6, 6.07) is 9.92. The van der Waals surface area contributed by atoms with Gasteiger partial charge in [0.25, 0.3) is 32.1 Å². The molecular weight excluding hydrogens is 1220 g/mol. The van der Waals surface area contributed by atoms with Crippen molar-refractivity contribution < 1.29 is 78.2 Å². The van der Waals surface area contributed by atoms with Crippen molar-refractivity contribution in [3.63, 3.8) is 0 Å². The average Bonchev–Trinajstić information content (AvgIpc) is 2.55. The van der Waals surface area contributed by atoms with Crippen molar-refractivity contribution in [3.8, 4) is 46.0 Å². The van der Waals surface area contributed by atoms with Crippen LogP contribution in [0.3, 0.4) is 0 Å². The number of nitrogens with zero attached hydrogens (tertiary/aromatic N) is 6. The summed E-state index contributed by atoms with van der Waals surface area (Å²) in [6.07, 6.45) is 14.6. The highest BCUT2D eigenvalue weighted by atomic mass is 32.2. The molecule has 0 fully saturated rings. The summed E-state index contributed by atoms with van der Waals surface area (Å²) in [6.45, 7) is 14.3. The molecule has 5 aromatic rings. The first-order valence-corrected chi connectivity index (χ1v) is 35.0. The molecule has 2 heterocycles. The number of nitrogens with one attached hydrogen (secondary N) is 3. The predicted octanol–water partition coefficient (Wildman–Crippen LogP) is 8.53. The number of carbonyl (C=O) groups excluding carboxylic acids is 3. The van der Waals surface area contributed by atoms with Gasteiger partial charge in [-0.3, -0.25) is 32.9 Å². The van der Waals surface area contributed by atoms with Crippen LogP contribution < -0.4 is 53.8 Å². The van der Waals surface area contributed by atoms with Crippen LogP contribution in [0.1, 0.15) is 173 Å². The van der Waals surface area contributed by atoms with E-state index in [-0.39, 0.29) is 73.7 Å². The van der Waals surface area contributed by atoms with Gasteiger partial charge in [0.2, 0.25) is 11.5 Å². The van der Waals surface area contributed by atoms with Crippen molar-refractivity contribution in [2.45, 2.75) is 157 Å². The Balaban J connectivity index is 1.07. The lowest BCUT2D eigenvalue weighted by atomic mass is 10.0. The molecule has 3 aromatic carbocycles. The van der Waals surface area contributed by atoms with Crippen molar-refractivity contribution in [3.05, 3.63) is 82.4 Å². The second-order valence-electron chi connectivity index (χ2n) is 21.8. The average molecular weight is 1310 g/mol. The minimum atomic E-state index is -4.26. The van der Waals surface area contributed by atoms with Crippen LogP contribution in [-0.2, 0) is 52.6 Å². The largest absolute Gasteiger partial charge is 0.493 e. The van der Waals surface area contributed by atoms with Crippen LogP contribution in [0.5, 0.6) is 46.0 Å². The fourth-order valence-electron chi connectivity index (χ4n) is 9.09. The van der Waals surface area contributed by atoms with Gasteiger partial charge >= 0.3 is 0 Å². The van der Waals surface area contributed by atoms with E-state index < -0.39 is 37.6 Å². The van der Waals surface area contributed by atoms with Crippen LogP contribution in [0.15, 0.2) is 48.8 Å². The first-order chi connectivity index (χ1) is 43.8. The maximum atomic E-state index is 13.5. The van der Waals surface area contributed by atoms with Gasteiger partial charge in [-0.1, -0.05) is 44.5 Å². The van der Waals surface area contributed by atoms with Crippen molar-refractivity contribution >= 4 is 37.8 Å². The quantitative estimate of drug-likeness (QED) is 0.0138. The molecule has 28 heteroatoms. The third kappa shape index (κ3) is 28.0. The second-order valence-corrected chi connectivity index (χ2v) is 25.0. The molecule has 0 aliphatic heterocycles. The number of rotatable bonds is 50. The molecule has 91 heavy (non-hydrogen) atoms. The number of aryl methyl sites for hydroxylation is 4. The molecule has 0 spiro atoms. The molecular formula is C63H95N9O17S2. The molecule has 0 bridgehead atoms. The van der Waals surface area contributed by atoms with E-state index in [9.17, 15) is 40.3 Å². The van der Waals surface area contributed by atoms with E-state index in [1.54, 1.807) is 27.6 Å². The van der Waals surface area contributed by atoms with Gasteiger partial charge in [-0.2, -0.15) is 16.8 Å². The normalized spacial score (nSPS) is 11.5. The highest BCUT2D eigenvalue weighted by molar-refractivity contribution is 7.86. The molecule has 0 saturated heterocycles. The molecule has 0 aliphatic rings. The zero-order valence-electron chi connectivity index (χ0n) is 53.8. The van der Waals surface area contributed by atoms with Gasteiger partial charge in [0.1, 0.15) is 11.5 Å². The first-order valence-electron chi connectivity index (χ1n) is 31.8. The fraction of sp³-hybridized carbons (Fsp3) is 0.603. The standard InChI is InChI=1S/C63H95N9O17S2/c1-7-11-32-86-58-43-50(44-59(87-35-19-37-90(76,77)78)61(58)89-36-20-38-91(79,80)81)63(75)66-26-18-28-72-46-52(68-70-72)22-13-15-34-85-55-40-48(47(5)73)39-54(53(55)23-16-24-64-6)84-33-14-12-21-51-45-71(69-67-51)27-17-25-65-62(74)49-41-56(82-29-8-2)60(88-31-10-4)57(42-49)83-30-9-3/h39-46,64H,7-38H2,1-6H3,(H,65,74)(H,66,75)(H,76,77,78)(H,79,80,81). The molecule has 506 valence electrons. The number of hydrogen-bond donors (Lipinski definition) is 5. The Labute approximate surface area is 536 Å². The Bertz CT molecular complexity index is 3220. The molecule has 2 aromatic heterocycles. The first kappa shape index (κ1) is 74.5. The molecule has 26 nitrogen and oxygen atoms in total. The van der Waals surface area contributed by atoms with Gasteiger partial charge in [0.05, 0.1) is 75.7 Å². The van der Waals surface area contributed by atoms with Crippen molar-refractivity contribution in [1.29, 1.82) is 0 Å². The maximum absolute atomic E-state index is 13.5. The van der Waals surface area contributed by atoms with Crippen molar-refractivity contribution in [1.82, 2.24) is 45.9 Å². The van der Waals surface area contributed by atoms with Crippen LogP contribution in [0.25, 0.3) is 0 Å². The third-order valence-corrected chi connectivity index (χ3v) is 15.4. The maximum Gasteiger partial charge on any atom is 0.264 e. The Morgan fingerprint density at radius 3 is 1.25 bits per heavy atom. The lowest BCUT2D eigenvalue weighted by Crippen LogP contribution is -2.25. The lowest BCUT2D eigenvalue weighted by Gasteiger charge is -2.18. The van der Waals surface area contributed by atoms with Gasteiger partial charge < -0.3 is 53.8 Å². The van der Waals surface area contributed by atoms with E-state index >= 15 is 0 Å². The summed E-state index contributed by atoms with van der Waals surface area (Å²) in [5.41, 5.74) is 3.66. The Hall–Kier alpha value is -7.27. The molecule has 0 aliphatic carbocycles. The van der Waals surface area contributed by atoms with Crippen LogP contribution in [0.4, 0.5) is 0 Å². The van der Waals surface area contributed by atoms with Gasteiger partial charge in [-0.05, 0) is 160 Å². The van der Waals surface area contributed by atoms with Crippen molar-refractivity contribution in [2.24, 2.45) is 0 Å². The van der Waals surface area contributed by atoms with Crippen molar-refractivity contribution in [2.75, 3.05) is 91.0 Å². The number of carbonyl (C=O) groups is 3. The minimum absolute atomic E-state index is 0.0434. The van der Waals surface area contributed by atoms with Crippen LogP contribution >= 0.6 is 0 Å².